The summed E-state index contributed by atoms with van der Waals surface area (Å²) >= 11 is 0. The van der Waals surface area contributed by atoms with Crippen molar-refractivity contribution in [1.82, 2.24) is 9.97 Å². The van der Waals surface area contributed by atoms with Crippen LogP contribution in [0.4, 0.5) is 0 Å². The number of rotatable bonds is 5. The van der Waals surface area contributed by atoms with E-state index < -0.39 is 0 Å². The molecular formula is C30H33N3. The molecule has 0 aliphatic carbocycles. The fourth-order valence-corrected chi connectivity index (χ4v) is 4.17. The number of fused-ring (bicyclic) bond motifs is 1. The Balaban J connectivity index is 0.00000259. The Morgan fingerprint density at radius 2 is 1.24 bits per heavy atom. The first-order valence-electron chi connectivity index (χ1n) is 11.4. The minimum absolute atomic E-state index is 0. The molecule has 0 radical (unpaired) electrons. The predicted octanol–water partition coefficient (Wildman–Crippen LogP) is 8.39. The highest BCUT2D eigenvalue weighted by atomic mass is 14.9. The molecule has 3 aromatic carbocycles. The number of benzene rings is 3. The first-order chi connectivity index (χ1) is 15.5. The first kappa shape index (κ1) is 22.7. The second-order valence-corrected chi connectivity index (χ2v) is 9.27. The Bertz CT molecular complexity index is 1320. The number of hydrogen-bond acceptors (Lipinski definition) is 2. The lowest BCUT2D eigenvalue weighted by Crippen LogP contribution is -2.01. The molecule has 1 aliphatic rings. The van der Waals surface area contributed by atoms with Crippen molar-refractivity contribution in [3.05, 3.63) is 89.9 Å². The van der Waals surface area contributed by atoms with E-state index in [9.17, 15) is 0 Å². The lowest BCUT2D eigenvalue weighted by molar-refractivity contribution is 0.758. The molecule has 33 heavy (non-hydrogen) atoms. The molecule has 0 atom stereocenters. The minimum Gasteiger partial charge on any atom is -0.342 e. The van der Waals surface area contributed by atoms with Crippen LogP contribution >= 0.6 is 0 Å². The molecule has 4 aromatic rings. The Labute approximate surface area is 197 Å². The van der Waals surface area contributed by atoms with Crippen LogP contribution in [0, 0.1) is 5.92 Å². The second kappa shape index (κ2) is 9.19. The summed E-state index contributed by atoms with van der Waals surface area (Å²) < 4.78 is 0. The molecular weight excluding hydrogens is 402 g/mol. The quantitative estimate of drug-likeness (QED) is 0.336. The topological polar surface area (TPSA) is 41.0 Å². The molecule has 0 bridgehead atoms. The van der Waals surface area contributed by atoms with Crippen LogP contribution in [0.5, 0.6) is 0 Å². The number of H-pyrrole nitrogens is 1. The van der Waals surface area contributed by atoms with Gasteiger partial charge in [-0.15, -0.1) is 0 Å². The molecule has 3 nitrogen and oxygen atoms in total. The molecule has 3 heteroatoms. The van der Waals surface area contributed by atoms with E-state index in [1.807, 2.05) is 6.20 Å². The number of aliphatic imine (C=N–C) groups is 1. The van der Waals surface area contributed by atoms with Gasteiger partial charge in [-0.2, -0.15) is 0 Å². The van der Waals surface area contributed by atoms with E-state index in [2.05, 4.69) is 109 Å². The summed E-state index contributed by atoms with van der Waals surface area (Å²) in [4.78, 5) is 12.8. The summed E-state index contributed by atoms with van der Waals surface area (Å²) in [5.41, 5.74) is 10.8. The van der Waals surface area contributed by atoms with Gasteiger partial charge in [0, 0.05) is 18.5 Å². The second-order valence-electron chi connectivity index (χ2n) is 9.27. The van der Waals surface area contributed by atoms with Crippen molar-refractivity contribution in [3.63, 3.8) is 0 Å². The molecule has 0 amide bonds. The highest BCUT2D eigenvalue weighted by Gasteiger charge is 2.15. The van der Waals surface area contributed by atoms with Crippen LogP contribution in [0.15, 0.2) is 83.5 Å². The van der Waals surface area contributed by atoms with Crippen LogP contribution in [-0.4, -0.2) is 15.7 Å². The molecule has 0 unspecified atom stereocenters. The number of aromatic amines is 1. The summed E-state index contributed by atoms with van der Waals surface area (Å²) in [5, 5.41) is 0. The summed E-state index contributed by atoms with van der Waals surface area (Å²) in [7, 11) is 0. The highest BCUT2D eigenvalue weighted by Crippen LogP contribution is 2.29. The fourth-order valence-electron chi connectivity index (χ4n) is 4.17. The van der Waals surface area contributed by atoms with Crippen molar-refractivity contribution in [3.8, 4) is 22.3 Å². The SMILES string of the molecule is C.CC(C)C1=CN=C(c2ccc(-c3ccc(-c4ccc5nc(C(C)C)[nH]c5c4)cc3)cc2)C1. The van der Waals surface area contributed by atoms with Gasteiger partial charge in [0.1, 0.15) is 5.82 Å². The largest absolute Gasteiger partial charge is 0.342 e. The molecule has 1 aliphatic heterocycles. The molecule has 0 saturated heterocycles. The van der Waals surface area contributed by atoms with E-state index in [0.717, 1.165) is 23.3 Å². The lowest BCUT2D eigenvalue weighted by atomic mass is 9.95. The highest BCUT2D eigenvalue weighted by molar-refractivity contribution is 6.04. The third-order valence-corrected chi connectivity index (χ3v) is 6.32. The zero-order valence-electron chi connectivity index (χ0n) is 19.2. The number of allylic oxidation sites excluding steroid dienone is 1. The predicted molar refractivity (Wildman–Crippen MR) is 142 cm³/mol. The third-order valence-electron chi connectivity index (χ3n) is 6.32. The maximum Gasteiger partial charge on any atom is 0.109 e. The summed E-state index contributed by atoms with van der Waals surface area (Å²) in [6, 6.07) is 24.0. The maximum absolute atomic E-state index is 4.68. The Morgan fingerprint density at radius 1 is 0.697 bits per heavy atom. The molecule has 1 N–H and O–H groups in total. The van der Waals surface area contributed by atoms with Gasteiger partial charge >= 0.3 is 0 Å². The smallest absolute Gasteiger partial charge is 0.109 e. The summed E-state index contributed by atoms with van der Waals surface area (Å²) in [6.45, 7) is 8.77. The van der Waals surface area contributed by atoms with Gasteiger partial charge in [-0.3, -0.25) is 4.99 Å². The van der Waals surface area contributed by atoms with Crippen molar-refractivity contribution in [2.24, 2.45) is 10.9 Å². The van der Waals surface area contributed by atoms with Gasteiger partial charge in [0.05, 0.1) is 16.7 Å². The molecule has 2 heterocycles. The van der Waals surface area contributed by atoms with Gasteiger partial charge in [0.2, 0.25) is 0 Å². The molecule has 0 spiro atoms. The van der Waals surface area contributed by atoms with E-state index >= 15 is 0 Å². The van der Waals surface area contributed by atoms with Crippen molar-refractivity contribution in [1.29, 1.82) is 0 Å². The summed E-state index contributed by atoms with van der Waals surface area (Å²) in [5.74, 6) is 1.99. The average Bonchev–Trinajstić information content (AvgIpc) is 3.47. The van der Waals surface area contributed by atoms with Crippen molar-refractivity contribution in [2.75, 3.05) is 0 Å². The van der Waals surface area contributed by atoms with E-state index in [4.69, 9.17) is 0 Å². The zero-order valence-corrected chi connectivity index (χ0v) is 19.2. The Kier molecular flexibility index (Phi) is 6.33. The van der Waals surface area contributed by atoms with E-state index in [0.29, 0.717) is 11.8 Å². The van der Waals surface area contributed by atoms with Crippen molar-refractivity contribution in [2.45, 2.75) is 47.5 Å². The Morgan fingerprint density at radius 3 is 1.79 bits per heavy atom. The van der Waals surface area contributed by atoms with Crippen LogP contribution in [-0.2, 0) is 0 Å². The van der Waals surface area contributed by atoms with Crippen LogP contribution in [0.3, 0.4) is 0 Å². The lowest BCUT2D eigenvalue weighted by Gasteiger charge is -2.08. The zero-order chi connectivity index (χ0) is 22.2. The number of imidazole rings is 1. The molecule has 0 saturated carbocycles. The van der Waals surface area contributed by atoms with Crippen molar-refractivity contribution >= 4 is 16.7 Å². The van der Waals surface area contributed by atoms with Crippen LogP contribution in [0.25, 0.3) is 33.3 Å². The molecule has 1 aromatic heterocycles. The number of hydrogen-bond donors (Lipinski definition) is 1. The number of nitrogens with one attached hydrogen (secondary N) is 1. The van der Waals surface area contributed by atoms with Gasteiger partial charge in [0.15, 0.2) is 0 Å². The minimum atomic E-state index is 0. The van der Waals surface area contributed by atoms with E-state index in [1.54, 1.807) is 0 Å². The molecule has 0 fully saturated rings. The van der Waals surface area contributed by atoms with Crippen molar-refractivity contribution < 1.29 is 0 Å². The average molecular weight is 436 g/mol. The van der Waals surface area contributed by atoms with Crippen LogP contribution in [0.1, 0.15) is 58.8 Å². The van der Waals surface area contributed by atoms with E-state index in [-0.39, 0.29) is 7.43 Å². The monoisotopic (exact) mass is 435 g/mol. The fraction of sp³-hybridized carbons (Fsp3) is 0.267. The molecule has 5 rings (SSSR count). The van der Waals surface area contributed by atoms with Gasteiger partial charge in [-0.25, -0.2) is 4.98 Å². The van der Waals surface area contributed by atoms with Gasteiger partial charge < -0.3 is 4.98 Å². The maximum atomic E-state index is 4.68. The number of aromatic nitrogens is 2. The summed E-state index contributed by atoms with van der Waals surface area (Å²) in [6.07, 6.45) is 3.00. The third kappa shape index (κ3) is 4.54. The Hall–Kier alpha value is -3.46. The van der Waals surface area contributed by atoms with Gasteiger partial charge in [-0.05, 0) is 51.4 Å². The van der Waals surface area contributed by atoms with Gasteiger partial charge in [-0.1, -0.05) is 89.7 Å². The normalized spacial score (nSPS) is 13.4. The standard InChI is InChI=1S/C29H29N3.CH4/c1-18(2)25-16-27(30-17-25)23-11-9-21(10-12-23)20-5-7-22(8-6-20)24-13-14-26-28(15-24)32-29(31-26)19(3)4;/h5-15,17-19H,16H2,1-4H3,(H,31,32);1H4. The molecule has 168 valence electrons. The number of nitrogens with zero attached hydrogens (tertiary/aromatic N) is 2. The van der Waals surface area contributed by atoms with E-state index in [1.165, 1.54) is 39.1 Å². The van der Waals surface area contributed by atoms with Gasteiger partial charge in [0.25, 0.3) is 0 Å². The van der Waals surface area contributed by atoms with Crippen LogP contribution < -0.4 is 0 Å². The first-order valence-corrected chi connectivity index (χ1v) is 11.4. The van der Waals surface area contributed by atoms with Crippen LogP contribution in [0.2, 0.25) is 0 Å².